The van der Waals surface area contributed by atoms with Gasteiger partial charge < -0.3 is 17.2 Å². The van der Waals surface area contributed by atoms with Crippen LogP contribution < -0.4 is 17.2 Å². The number of halogens is 6. The summed E-state index contributed by atoms with van der Waals surface area (Å²) < 4.78 is 75.5. The van der Waals surface area contributed by atoms with Crippen LogP contribution in [0.15, 0.2) is 60.7 Å². The quantitative estimate of drug-likeness (QED) is 0.216. The van der Waals surface area contributed by atoms with E-state index in [9.17, 15) is 35.9 Å². The first-order valence-corrected chi connectivity index (χ1v) is 13.0. The minimum Gasteiger partial charge on any atom is -0.393 e. The standard InChI is InChI=1S/2C10H11F2NO.C10H12FNS.CH3F/c1-10(2,9(13)14)8-6(11)4-3-5-7(8)12;1-10(2,9(13)14)6-4-3-5-7(11)8(6)12;1-10(2,9(12)13)7-5-3-4-6-8(7)11;1-2/h2*3-5H,1-2H3,(H2,13,14);3-6H,1-2H3,(H2,12,13);1H3. The molecule has 0 atom stereocenters. The Morgan fingerprint density at radius 2 is 0.930 bits per heavy atom. The Kier molecular flexibility index (Phi) is 14.6. The Morgan fingerprint density at radius 1 is 0.558 bits per heavy atom. The summed E-state index contributed by atoms with van der Waals surface area (Å²) in [6, 6.07) is 13.7. The van der Waals surface area contributed by atoms with Crippen molar-refractivity contribution in [2.45, 2.75) is 57.8 Å². The van der Waals surface area contributed by atoms with E-state index in [0.29, 0.717) is 17.7 Å². The molecule has 0 bridgehead atoms. The molecule has 0 unspecified atom stereocenters. The van der Waals surface area contributed by atoms with Crippen LogP contribution in [0.1, 0.15) is 58.2 Å². The zero-order chi connectivity index (χ0) is 33.9. The second kappa shape index (κ2) is 16.1. The van der Waals surface area contributed by atoms with Gasteiger partial charge in [0.1, 0.15) is 17.5 Å². The van der Waals surface area contributed by atoms with Crippen molar-refractivity contribution in [3.63, 3.8) is 0 Å². The van der Waals surface area contributed by atoms with Gasteiger partial charge in [-0.05, 0) is 65.8 Å². The minimum atomic E-state index is -1.34. The number of thiocarbonyl (C=S) groups is 1. The van der Waals surface area contributed by atoms with Crippen molar-refractivity contribution >= 4 is 29.0 Å². The molecule has 3 aromatic rings. The highest BCUT2D eigenvalue weighted by Crippen LogP contribution is 2.28. The molecule has 5 nitrogen and oxygen atoms in total. The van der Waals surface area contributed by atoms with E-state index >= 15 is 0 Å². The summed E-state index contributed by atoms with van der Waals surface area (Å²) in [5.74, 6) is -5.22. The van der Waals surface area contributed by atoms with Gasteiger partial charge in [0.05, 0.1) is 23.0 Å². The topological polar surface area (TPSA) is 112 Å². The summed E-state index contributed by atoms with van der Waals surface area (Å²) in [5, 5.41) is 0. The molecule has 0 heterocycles. The average Bonchev–Trinajstić information content (AvgIpc) is 2.91. The van der Waals surface area contributed by atoms with Gasteiger partial charge in [0.15, 0.2) is 11.6 Å². The monoisotopic (exact) mass is 629 g/mol. The molecule has 43 heavy (non-hydrogen) atoms. The van der Waals surface area contributed by atoms with Gasteiger partial charge in [-0.2, -0.15) is 0 Å². The molecular formula is C31H37F6N3O2S. The molecule has 0 saturated heterocycles. The number of rotatable bonds is 6. The maximum atomic E-state index is 13.3. The highest BCUT2D eigenvalue weighted by atomic mass is 32.1. The van der Waals surface area contributed by atoms with Crippen LogP contribution >= 0.6 is 12.2 Å². The van der Waals surface area contributed by atoms with Crippen molar-refractivity contribution in [3.8, 4) is 0 Å². The summed E-state index contributed by atoms with van der Waals surface area (Å²) >= 11 is 4.88. The van der Waals surface area contributed by atoms with Crippen molar-refractivity contribution in [3.05, 3.63) is 106 Å². The lowest BCUT2D eigenvalue weighted by Crippen LogP contribution is -2.37. The number of nitrogens with two attached hydrogens (primary N) is 3. The van der Waals surface area contributed by atoms with Crippen LogP contribution in [0, 0.1) is 29.1 Å². The number of benzene rings is 3. The van der Waals surface area contributed by atoms with Crippen molar-refractivity contribution in [2.75, 3.05) is 7.18 Å². The number of amides is 2. The number of carbonyl (C=O) groups is 2. The molecule has 0 aromatic heterocycles. The smallest absolute Gasteiger partial charge is 0.227 e. The van der Waals surface area contributed by atoms with Crippen molar-refractivity contribution in [1.82, 2.24) is 0 Å². The number of primary amides is 2. The molecule has 6 N–H and O–H groups in total. The molecule has 0 spiro atoms. The fourth-order valence-corrected chi connectivity index (χ4v) is 3.55. The van der Waals surface area contributed by atoms with E-state index in [2.05, 4.69) is 0 Å². The molecule has 3 aromatic carbocycles. The van der Waals surface area contributed by atoms with Crippen molar-refractivity contribution < 1.29 is 35.9 Å². The number of alkyl halides is 1. The third-order valence-electron chi connectivity index (χ3n) is 6.61. The summed E-state index contributed by atoms with van der Waals surface area (Å²) in [6.07, 6.45) is 0. The molecule has 3 rings (SSSR count). The molecule has 0 aliphatic carbocycles. The average molecular weight is 630 g/mol. The highest BCUT2D eigenvalue weighted by Gasteiger charge is 2.33. The van der Waals surface area contributed by atoms with Crippen LogP contribution in [0.5, 0.6) is 0 Å². The second-order valence-corrected chi connectivity index (χ2v) is 11.1. The molecule has 0 saturated carbocycles. The van der Waals surface area contributed by atoms with E-state index in [-0.39, 0.29) is 16.9 Å². The van der Waals surface area contributed by atoms with Crippen LogP contribution in [-0.2, 0) is 25.8 Å². The van der Waals surface area contributed by atoms with E-state index in [1.807, 2.05) is 13.8 Å². The first-order valence-electron chi connectivity index (χ1n) is 12.6. The van der Waals surface area contributed by atoms with E-state index in [4.69, 9.17) is 29.4 Å². The van der Waals surface area contributed by atoms with Crippen molar-refractivity contribution in [2.24, 2.45) is 17.2 Å². The third-order valence-corrected chi connectivity index (χ3v) is 7.12. The van der Waals surface area contributed by atoms with Crippen LogP contribution in [-0.4, -0.2) is 24.0 Å². The molecule has 0 fully saturated rings. The van der Waals surface area contributed by atoms with Crippen LogP contribution in [0.25, 0.3) is 0 Å². The van der Waals surface area contributed by atoms with Crippen LogP contribution in [0.2, 0.25) is 0 Å². The van der Waals surface area contributed by atoms with E-state index in [1.165, 1.54) is 52.0 Å². The summed E-state index contributed by atoms with van der Waals surface area (Å²) in [6.45, 7) is 9.30. The Morgan fingerprint density at radius 3 is 1.35 bits per heavy atom. The van der Waals surface area contributed by atoms with E-state index in [1.54, 1.807) is 18.2 Å². The first kappa shape index (κ1) is 39.1. The molecule has 12 heteroatoms. The van der Waals surface area contributed by atoms with Crippen LogP contribution in [0.3, 0.4) is 0 Å². The van der Waals surface area contributed by atoms with Gasteiger partial charge in [-0.25, -0.2) is 22.0 Å². The van der Waals surface area contributed by atoms with Gasteiger partial charge in [0.25, 0.3) is 0 Å². The Hall–Kier alpha value is -3.93. The summed E-state index contributed by atoms with van der Waals surface area (Å²) in [7, 11) is 0.500. The summed E-state index contributed by atoms with van der Waals surface area (Å²) in [4.78, 5) is 22.3. The van der Waals surface area contributed by atoms with Gasteiger partial charge >= 0.3 is 0 Å². The van der Waals surface area contributed by atoms with E-state index in [0.717, 1.165) is 18.2 Å². The fraction of sp³-hybridized carbons (Fsp3) is 0.323. The lowest BCUT2D eigenvalue weighted by atomic mass is 9.83. The zero-order valence-corrected chi connectivity index (χ0v) is 25.8. The molecule has 0 aliphatic rings. The zero-order valence-electron chi connectivity index (χ0n) is 25.0. The number of hydrogen-bond acceptors (Lipinski definition) is 3. The highest BCUT2D eigenvalue weighted by molar-refractivity contribution is 7.80. The molecule has 0 radical (unpaired) electrons. The maximum absolute atomic E-state index is 13.3. The van der Waals surface area contributed by atoms with Gasteiger partial charge in [-0.1, -0.05) is 48.6 Å². The summed E-state index contributed by atoms with van der Waals surface area (Å²) in [5.41, 5.74) is 12.8. The number of carbonyl (C=O) groups excluding carboxylic acids is 2. The molecular weight excluding hydrogens is 592 g/mol. The molecule has 2 amide bonds. The number of hydrogen-bond donors (Lipinski definition) is 3. The van der Waals surface area contributed by atoms with Gasteiger partial charge in [0, 0.05) is 22.1 Å². The Balaban J connectivity index is 0.000000598. The first-order chi connectivity index (χ1) is 19.7. The van der Waals surface area contributed by atoms with E-state index < -0.39 is 51.3 Å². The van der Waals surface area contributed by atoms with Gasteiger partial charge in [-0.3, -0.25) is 14.0 Å². The SMILES string of the molecule is CC(C)(C(N)=O)c1c(F)cccc1F.CC(C)(C(N)=O)c1cccc(F)c1F.CC(C)(C(N)=S)c1ccccc1F.CF. The lowest BCUT2D eigenvalue weighted by Gasteiger charge is -2.23. The van der Waals surface area contributed by atoms with Crippen LogP contribution in [0.4, 0.5) is 26.3 Å². The predicted molar refractivity (Wildman–Crippen MR) is 160 cm³/mol. The molecule has 236 valence electrons. The molecule has 0 aliphatic heterocycles. The third kappa shape index (κ3) is 9.81. The largest absolute Gasteiger partial charge is 0.393 e. The normalized spacial score (nSPS) is 11.0. The second-order valence-electron chi connectivity index (χ2n) is 10.6. The fourth-order valence-electron chi connectivity index (χ4n) is 3.44. The minimum absolute atomic E-state index is 0.0231. The van der Waals surface area contributed by atoms with Gasteiger partial charge in [0.2, 0.25) is 11.8 Å². The Labute approximate surface area is 253 Å². The van der Waals surface area contributed by atoms with Crippen molar-refractivity contribution in [1.29, 1.82) is 0 Å². The predicted octanol–water partition coefficient (Wildman–Crippen LogP) is 6.43. The lowest BCUT2D eigenvalue weighted by molar-refractivity contribution is -0.123. The van der Waals surface area contributed by atoms with Gasteiger partial charge in [-0.15, -0.1) is 0 Å². The Bertz CT molecular complexity index is 1410. The maximum Gasteiger partial charge on any atom is 0.227 e.